The first kappa shape index (κ1) is 67.9. The van der Waals surface area contributed by atoms with Gasteiger partial charge in [-0.1, -0.05) is 46.4 Å². The molecule has 0 aliphatic heterocycles. The van der Waals surface area contributed by atoms with Crippen LogP contribution >= 0.6 is 46.4 Å². The monoisotopic (exact) mass is 1270 g/mol. The van der Waals surface area contributed by atoms with E-state index in [4.69, 9.17) is 74.8 Å². The molecule has 6 N–H and O–H groups in total. The summed E-state index contributed by atoms with van der Waals surface area (Å²) in [6.07, 6.45) is 2.42. The summed E-state index contributed by atoms with van der Waals surface area (Å²) in [4.78, 5) is 28.9. The van der Waals surface area contributed by atoms with Crippen molar-refractivity contribution in [3.63, 3.8) is 0 Å². The fourth-order valence-corrected chi connectivity index (χ4v) is 13.8. The number of carbonyl (C=O) groups excluding carboxylic acids is 2. The molecular weight excluding hydrogens is 1190 g/mol. The molecule has 0 bridgehead atoms. The van der Waals surface area contributed by atoms with Crippen molar-refractivity contribution >= 4 is 78.5 Å². The maximum Gasteiger partial charge on any atom is 0.314 e. The Bertz CT molecular complexity index is 3070. The topological polar surface area (TPSA) is 236 Å². The second kappa shape index (κ2) is 32.5. The van der Waals surface area contributed by atoms with Crippen LogP contribution in [0, 0.1) is 27.7 Å². The molecule has 4 atom stereocenters. The van der Waals surface area contributed by atoms with Crippen LogP contribution in [0.3, 0.4) is 0 Å². The number of benzene rings is 4. The van der Waals surface area contributed by atoms with Crippen molar-refractivity contribution in [1.29, 1.82) is 0 Å². The minimum absolute atomic E-state index is 0.00812. The van der Waals surface area contributed by atoms with Crippen LogP contribution in [0.1, 0.15) is 69.4 Å². The molecule has 1 unspecified atom stereocenters. The Kier molecular flexibility index (Phi) is 26.6. The van der Waals surface area contributed by atoms with E-state index in [2.05, 4.69) is 40.5 Å². The van der Waals surface area contributed by atoms with Gasteiger partial charge in [0.2, 0.25) is 20.0 Å². The molecule has 2 aliphatic carbocycles. The van der Waals surface area contributed by atoms with Crippen molar-refractivity contribution in [2.24, 2.45) is 0 Å². The molecular formula is C57H80Cl4N8O12S2. The Morgan fingerprint density at radius 2 is 0.916 bits per heavy atom. The molecule has 0 heterocycles. The Hall–Kier alpha value is -4.24. The van der Waals surface area contributed by atoms with Gasteiger partial charge in [0.05, 0.1) is 75.3 Å². The molecule has 0 aromatic heterocycles. The second-order valence-electron chi connectivity index (χ2n) is 20.9. The van der Waals surface area contributed by atoms with Gasteiger partial charge in [-0.2, -0.15) is 0 Å². The van der Waals surface area contributed by atoms with E-state index >= 15 is 0 Å². The summed E-state index contributed by atoms with van der Waals surface area (Å²) in [6.45, 7) is 10.8. The maximum atomic E-state index is 13.3. The van der Waals surface area contributed by atoms with Crippen molar-refractivity contribution in [2.75, 3.05) is 127 Å². The van der Waals surface area contributed by atoms with Crippen molar-refractivity contribution in [1.82, 2.24) is 40.5 Å². The van der Waals surface area contributed by atoms with Gasteiger partial charge < -0.3 is 59.5 Å². The molecule has 83 heavy (non-hydrogen) atoms. The second-order valence-corrected chi connectivity index (χ2v) is 26.1. The van der Waals surface area contributed by atoms with Crippen molar-refractivity contribution in [2.45, 2.75) is 87.3 Å². The third-order valence-electron chi connectivity index (χ3n) is 14.3. The van der Waals surface area contributed by atoms with Crippen LogP contribution in [-0.4, -0.2) is 178 Å². The standard InChI is InChI=1S/C57H80Cl4N8O12S2/c1-36-27-53(38(3)25-51(36)80-35-46-42-29-40(58)31-47(60)43(42)33-49(46)68(5)6)82(72,73)66-15-19-78-23-21-76-17-13-64-56(70)62-11-9-10-12-63-57(71)65-14-18-77-22-24-79-20-16-67-83(74,75)54-28-37(2)52(26-39(54)4)81-55-45-30-41(59)32-48(61)44(45)34-50(55)69(7)8/h25-32,46,49-50,55,66-67H,9-24,33-35H2,1-8H3,(H2,62,64,70)(H2,63,65,71)/t46-,49-,50?,55-/m0/s1. The largest absolute Gasteiger partial charge is 0.493 e. The smallest absolute Gasteiger partial charge is 0.314 e. The lowest BCUT2D eigenvalue weighted by atomic mass is 9.98. The average molecular weight is 1280 g/mol. The molecule has 0 spiro atoms. The SMILES string of the molecule is Cc1cc(S(=O)(=O)NCCOCCOCCNC(=O)NCCCCNC(=O)NCCOCCOCCNS(=O)(=O)c2cc(C)c(O[C@H]3c4cc(Cl)cc(Cl)c4CC3N(C)C)cc2C)c(C)cc1OC[C@H]1c2cc(Cl)cc(Cl)c2C[C@@H]1N(C)C. The maximum absolute atomic E-state index is 13.3. The van der Waals surface area contributed by atoms with Crippen LogP contribution in [0.2, 0.25) is 20.1 Å². The van der Waals surface area contributed by atoms with Crippen molar-refractivity contribution in [3.05, 3.63) is 113 Å². The Balaban J connectivity index is 0.718. The van der Waals surface area contributed by atoms with Crippen LogP contribution in [0.15, 0.2) is 58.3 Å². The number of hydrogen-bond acceptors (Lipinski definition) is 14. The number of urea groups is 2. The molecule has 26 heteroatoms. The van der Waals surface area contributed by atoms with Gasteiger partial charge in [0.25, 0.3) is 0 Å². The first-order valence-electron chi connectivity index (χ1n) is 27.6. The predicted molar refractivity (Wildman–Crippen MR) is 324 cm³/mol. The first-order valence-corrected chi connectivity index (χ1v) is 32.1. The number of nitrogens with one attached hydrogen (secondary N) is 6. The zero-order valence-corrected chi connectivity index (χ0v) is 53.1. The first-order chi connectivity index (χ1) is 39.5. The van der Waals surface area contributed by atoms with Gasteiger partial charge in [-0.15, -0.1) is 0 Å². The van der Waals surface area contributed by atoms with Gasteiger partial charge in [0.15, 0.2) is 0 Å². The number of nitrogens with zero attached hydrogens (tertiary/aromatic N) is 2. The Morgan fingerprint density at radius 1 is 0.506 bits per heavy atom. The van der Waals surface area contributed by atoms with E-state index < -0.39 is 20.0 Å². The Morgan fingerprint density at radius 3 is 1.40 bits per heavy atom. The van der Waals surface area contributed by atoms with E-state index in [0.29, 0.717) is 92.8 Å². The van der Waals surface area contributed by atoms with E-state index in [9.17, 15) is 26.4 Å². The lowest BCUT2D eigenvalue weighted by Crippen LogP contribution is -2.39. The van der Waals surface area contributed by atoms with Gasteiger partial charge in [-0.3, -0.25) is 0 Å². The van der Waals surface area contributed by atoms with E-state index in [1.165, 1.54) is 0 Å². The summed E-state index contributed by atoms with van der Waals surface area (Å²) < 4.78 is 93.3. The summed E-state index contributed by atoms with van der Waals surface area (Å²) in [5.74, 6) is 1.21. The third kappa shape index (κ3) is 19.9. The van der Waals surface area contributed by atoms with E-state index in [-0.39, 0.29) is 125 Å². The van der Waals surface area contributed by atoms with Gasteiger partial charge in [0.1, 0.15) is 17.6 Å². The molecule has 0 radical (unpaired) electrons. The number of ether oxygens (including phenoxy) is 6. The summed E-state index contributed by atoms with van der Waals surface area (Å²) in [5.41, 5.74) is 6.50. The number of halogens is 4. The number of hydrogen-bond donors (Lipinski definition) is 6. The fraction of sp³-hybridized carbons (Fsp3) is 0.544. The zero-order chi connectivity index (χ0) is 60.4. The molecule has 20 nitrogen and oxygen atoms in total. The van der Waals surface area contributed by atoms with Crippen LogP contribution in [0.4, 0.5) is 9.59 Å². The lowest BCUT2D eigenvalue weighted by molar-refractivity contribution is 0.0516. The number of sulfonamides is 2. The minimum Gasteiger partial charge on any atom is -0.493 e. The van der Waals surface area contributed by atoms with E-state index in [1.54, 1.807) is 50.2 Å². The van der Waals surface area contributed by atoms with Gasteiger partial charge in [-0.05, 0) is 169 Å². The van der Waals surface area contributed by atoms with E-state index in [0.717, 1.165) is 28.7 Å². The highest BCUT2D eigenvalue weighted by Crippen LogP contribution is 2.44. The molecule has 460 valence electrons. The molecule has 6 rings (SSSR count). The van der Waals surface area contributed by atoms with Crippen molar-refractivity contribution in [3.8, 4) is 11.5 Å². The summed E-state index contributed by atoms with van der Waals surface area (Å²) in [7, 11) is 0.355. The molecule has 0 saturated heterocycles. The van der Waals surface area contributed by atoms with Crippen LogP contribution in [-0.2, 0) is 51.8 Å². The number of likely N-dealkylation sites (N-methyl/N-ethyl adjacent to an activating group) is 2. The Labute approximate surface area is 509 Å². The number of amides is 4. The molecule has 4 amide bonds. The van der Waals surface area contributed by atoms with Crippen LogP contribution in [0.25, 0.3) is 0 Å². The number of fused-ring (bicyclic) bond motifs is 2. The number of carbonyl (C=O) groups is 2. The molecule has 0 saturated carbocycles. The van der Waals surface area contributed by atoms with Crippen molar-refractivity contribution < 1.29 is 54.8 Å². The zero-order valence-electron chi connectivity index (χ0n) is 48.5. The fourth-order valence-electron chi connectivity index (χ4n) is 9.94. The van der Waals surface area contributed by atoms with Gasteiger partial charge in [-0.25, -0.2) is 35.9 Å². The minimum atomic E-state index is -3.84. The van der Waals surface area contributed by atoms with Crippen LogP contribution in [0.5, 0.6) is 11.5 Å². The summed E-state index contributed by atoms with van der Waals surface area (Å²) >= 11 is 25.8. The van der Waals surface area contributed by atoms with Gasteiger partial charge >= 0.3 is 12.1 Å². The molecule has 4 aromatic rings. The molecule has 0 fully saturated rings. The highest BCUT2D eigenvalue weighted by atomic mass is 35.5. The summed E-state index contributed by atoms with van der Waals surface area (Å²) in [5, 5.41) is 13.3. The lowest BCUT2D eigenvalue weighted by Gasteiger charge is -2.28. The van der Waals surface area contributed by atoms with E-state index in [1.807, 2.05) is 54.2 Å². The van der Waals surface area contributed by atoms with Crippen LogP contribution < -0.4 is 40.2 Å². The number of rotatable bonds is 34. The van der Waals surface area contributed by atoms with Gasteiger partial charge in [0, 0.05) is 76.9 Å². The average Bonchev–Trinajstić information content (AvgIpc) is 3.81. The quantitative estimate of drug-likeness (QED) is 0.0249. The highest BCUT2D eigenvalue weighted by molar-refractivity contribution is 7.89. The molecule has 4 aromatic carbocycles. The molecule has 2 aliphatic rings. The number of aryl methyl sites for hydroxylation is 4. The highest BCUT2D eigenvalue weighted by Gasteiger charge is 2.39. The number of unbranched alkanes of at least 4 members (excludes halogenated alkanes) is 1. The predicted octanol–water partition coefficient (Wildman–Crippen LogP) is 7.49. The summed E-state index contributed by atoms with van der Waals surface area (Å²) in [6, 6.07) is 13.6. The third-order valence-corrected chi connectivity index (χ3v) is 18.6. The normalized spacial score (nSPS) is 16.7.